The van der Waals surface area contributed by atoms with Crippen molar-refractivity contribution in [3.8, 4) is 6.07 Å². The molecule has 0 spiro atoms. The fraction of sp³-hybridized carbons (Fsp3) is 0.500. The molecule has 1 aromatic carbocycles. The van der Waals surface area contributed by atoms with Crippen LogP contribution in [0.1, 0.15) is 11.1 Å². The van der Waals surface area contributed by atoms with E-state index in [-0.39, 0.29) is 5.82 Å². The van der Waals surface area contributed by atoms with E-state index in [1.807, 2.05) is 6.07 Å². The van der Waals surface area contributed by atoms with E-state index in [0.29, 0.717) is 12.1 Å². The zero-order valence-electron chi connectivity index (χ0n) is 10.9. The van der Waals surface area contributed by atoms with Crippen molar-refractivity contribution >= 4 is 0 Å². The fourth-order valence-electron chi connectivity index (χ4n) is 2.11. The summed E-state index contributed by atoms with van der Waals surface area (Å²) in [4.78, 5) is 2.34. The molecule has 0 bridgehead atoms. The number of hydrogen-bond donors (Lipinski definition) is 1. The molecule has 102 valence electrons. The second-order valence-electron chi connectivity index (χ2n) is 4.59. The lowest BCUT2D eigenvalue weighted by Crippen LogP contribution is -2.40. The Labute approximate surface area is 112 Å². The maximum atomic E-state index is 13.2. The Hall–Kier alpha value is -1.48. The summed E-state index contributed by atoms with van der Waals surface area (Å²) >= 11 is 0. The normalized spacial score (nSPS) is 16.2. The highest BCUT2D eigenvalue weighted by Gasteiger charge is 2.09. The highest BCUT2D eigenvalue weighted by atomic mass is 19.1. The van der Waals surface area contributed by atoms with Crippen LogP contribution in [0.15, 0.2) is 18.2 Å². The van der Waals surface area contributed by atoms with Gasteiger partial charge in [-0.25, -0.2) is 4.39 Å². The number of ether oxygens (including phenoxy) is 1. The number of halogens is 1. The Morgan fingerprint density at radius 3 is 2.84 bits per heavy atom. The van der Waals surface area contributed by atoms with Crippen molar-refractivity contribution < 1.29 is 9.13 Å². The first-order valence-corrected chi connectivity index (χ1v) is 6.48. The predicted molar refractivity (Wildman–Crippen MR) is 70.1 cm³/mol. The van der Waals surface area contributed by atoms with Crippen LogP contribution in [0.2, 0.25) is 0 Å². The number of hydrogen-bond acceptors (Lipinski definition) is 4. The largest absolute Gasteiger partial charge is 0.379 e. The summed E-state index contributed by atoms with van der Waals surface area (Å²) in [6.45, 7) is 5.93. The minimum atomic E-state index is -0.357. The van der Waals surface area contributed by atoms with Gasteiger partial charge in [0.15, 0.2) is 0 Å². The Balaban J connectivity index is 1.73. The summed E-state index contributed by atoms with van der Waals surface area (Å²) in [7, 11) is 0. The van der Waals surface area contributed by atoms with Crippen LogP contribution < -0.4 is 5.32 Å². The number of nitrogens with zero attached hydrogens (tertiary/aromatic N) is 2. The Morgan fingerprint density at radius 1 is 1.32 bits per heavy atom. The van der Waals surface area contributed by atoms with Gasteiger partial charge < -0.3 is 10.1 Å². The Morgan fingerprint density at radius 2 is 2.11 bits per heavy atom. The molecule has 0 aromatic heterocycles. The molecule has 19 heavy (non-hydrogen) atoms. The molecule has 2 rings (SSSR count). The summed E-state index contributed by atoms with van der Waals surface area (Å²) in [5.74, 6) is -0.357. The van der Waals surface area contributed by atoms with Crippen LogP contribution in [0.3, 0.4) is 0 Å². The Bertz CT molecular complexity index is 452. The van der Waals surface area contributed by atoms with Gasteiger partial charge in [0.1, 0.15) is 5.82 Å². The minimum Gasteiger partial charge on any atom is -0.379 e. The molecule has 1 aliphatic heterocycles. The van der Waals surface area contributed by atoms with Gasteiger partial charge in [0.25, 0.3) is 0 Å². The standard InChI is InChI=1S/C14H18FN3O/c15-14-8-12(10-16)7-13(9-14)11-17-1-2-18-3-5-19-6-4-18/h7-9,17H,1-6,11H2. The van der Waals surface area contributed by atoms with Gasteiger partial charge >= 0.3 is 0 Å². The number of morpholine rings is 1. The average Bonchev–Trinajstić information content (AvgIpc) is 2.44. The van der Waals surface area contributed by atoms with Crippen molar-refractivity contribution in [1.82, 2.24) is 10.2 Å². The average molecular weight is 263 g/mol. The smallest absolute Gasteiger partial charge is 0.124 e. The first-order chi connectivity index (χ1) is 9.28. The summed E-state index contributed by atoms with van der Waals surface area (Å²) in [6, 6.07) is 6.38. The van der Waals surface area contributed by atoms with Crippen molar-refractivity contribution in [1.29, 1.82) is 5.26 Å². The van der Waals surface area contributed by atoms with Gasteiger partial charge in [-0.3, -0.25) is 4.90 Å². The van der Waals surface area contributed by atoms with E-state index in [1.165, 1.54) is 12.1 Å². The van der Waals surface area contributed by atoms with Gasteiger partial charge in [-0.1, -0.05) is 0 Å². The summed E-state index contributed by atoms with van der Waals surface area (Å²) in [6.07, 6.45) is 0. The molecule has 0 atom stereocenters. The molecular weight excluding hydrogens is 245 g/mol. The van der Waals surface area contributed by atoms with Gasteiger partial charge in [-0.15, -0.1) is 0 Å². The zero-order chi connectivity index (χ0) is 13.5. The second kappa shape index (κ2) is 7.19. The van der Waals surface area contributed by atoms with Crippen LogP contribution >= 0.6 is 0 Å². The van der Waals surface area contributed by atoms with Crippen LogP contribution in [0.4, 0.5) is 4.39 Å². The molecule has 1 saturated heterocycles. The maximum absolute atomic E-state index is 13.2. The molecule has 1 heterocycles. The second-order valence-corrected chi connectivity index (χ2v) is 4.59. The van der Waals surface area contributed by atoms with Crippen LogP contribution in [-0.4, -0.2) is 44.3 Å². The van der Waals surface area contributed by atoms with Crippen molar-refractivity contribution in [2.45, 2.75) is 6.54 Å². The zero-order valence-corrected chi connectivity index (χ0v) is 10.9. The summed E-state index contributed by atoms with van der Waals surface area (Å²) in [5.41, 5.74) is 1.17. The molecule has 0 radical (unpaired) electrons. The molecule has 0 amide bonds. The SMILES string of the molecule is N#Cc1cc(F)cc(CNCCN2CCOCC2)c1. The first kappa shape index (κ1) is 13.9. The topological polar surface area (TPSA) is 48.3 Å². The van der Waals surface area contributed by atoms with Gasteiger partial charge in [0, 0.05) is 32.7 Å². The van der Waals surface area contributed by atoms with Crippen molar-refractivity contribution in [2.24, 2.45) is 0 Å². The summed E-state index contributed by atoms with van der Waals surface area (Å²) < 4.78 is 18.5. The third-order valence-corrected chi connectivity index (χ3v) is 3.12. The molecule has 1 aliphatic rings. The van der Waals surface area contributed by atoms with Crippen molar-refractivity contribution in [2.75, 3.05) is 39.4 Å². The van der Waals surface area contributed by atoms with Crippen molar-refractivity contribution in [3.63, 3.8) is 0 Å². The molecule has 5 heteroatoms. The van der Waals surface area contributed by atoms with E-state index in [2.05, 4.69) is 10.2 Å². The summed E-state index contributed by atoms with van der Waals surface area (Å²) in [5, 5.41) is 12.0. The van der Waals surface area contributed by atoms with E-state index < -0.39 is 0 Å². The number of benzene rings is 1. The first-order valence-electron chi connectivity index (χ1n) is 6.48. The molecular formula is C14H18FN3O. The van der Waals surface area contributed by atoms with Crippen LogP contribution in [0, 0.1) is 17.1 Å². The lowest BCUT2D eigenvalue weighted by molar-refractivity contribution is 0.0384. The van der Waals surface area contributed by atoms with Gasteiger partial charge in [-0.2, -0.15) is 5.26 Å². The molecule has 1 fully saturated rings. The van der Waals surface area contributed by atoms with E-state index in [4.69, 9.17) is 10.00 Å². The van der Waals surface area contributed by atoms with Crippen LogP contribution in [0.25, 0.3) is 0 Å². The predicted octanol–water partition coefficient (Wildman–Crippen LogP) is 1.12. The highest BCUT2D eigenvalue weighted by molar-refractivity contribution is 5.33. The molecule has 0 saturated carbocycles. The maximum Gasteiger partial charge on any atom is 0.124 e. The molecule has 0 unspecified atom stereocenters. The highest BCUT2D eigenvalue weighted by Crippen LogP contribution is 2.08. The number of rotatable bonds is 5. The number of nitrogens with one attached hydrogen (secondary N) is 1. The minimum absolute atomic E-state index is 0.357. The third kappa shape index (κ3) is 4.60. The van der Waals surface area contributed by atoms with Crippen LogP contribution in [0.5, 0.6) is 0 Å². The fourth-order valence-corrected chi connectivity index (χ4v) is 2.11. The molecule has 4 nitrogen and oxygen atoms in total. The Kier molecular flexibility index (Phi) is 5.28. The molecule has 1 aromatic rings. The quantitative estimate of drug-likeness (QED) is 0.809. The van der Waals surface area contributed by atoms with E-state index in [0.717, 1.165) is 45.0 Å². The lowest BCUT2D eigenvalue weighted by atomic mass is 10.1. The molecule has 1 N–H and O–H groups in total. The van der Waals surface area contributed by atoms with Crippen LogP contribution in [-0.2, 0) is 11.3 Å². The third-order valence-electron chi connectivity index (χ3n) is 3.12. The monoisotopic (exact) mass is 263 g/mol. The van der Waals surface area contributed by atoms with Crippen molar-refractivity contribution in [3.05, 3.63) is 35.1 Å². The van der Waals surface area contributed by atoms with E-state index in [1.54, 1.807) is 6.07 Å². The van der Waals surface area contributed by atoms with E-state index >= 15 is 0 Å². The van der Waals surface area contributed by atoms with Gasteiger partial charge in [0.2, 0.25) is 0 Å². The van der Waals surface area contributed by atoms with Gasteiger partial charge in [0.05, 0.1) is 24.8 Å². The number of nitriles is 1. The molecule has 0 aliphatic carbocycles. The van der Waals surface area contributed by atoms with Gasteiger partial charge in [-0.05, 0) is 23.8 Å². The lowest BCUT2D eigenvalue weighted by Gasteiger charge is -2.26. The van der Waals surface area contributed by atoms with E-state index in [9.17, 15) is 4.39 Å².